The van der Waals surface area contributed by atoms with E-state index in [0.29, 0.717) is 6.54 Å². The van der Waals surface area contributed by atoms with Gasteiger partial charge in [-0.1, -0.05) is 44.2 Å². The Labute approximate surface area is 179 Å². The van der Waals surface area contributed by atoms with Crippen molar-refractivity contribution in [3.8, 4) is 0 Å². The number of nitrogens with one attached hydrogen (secondary N) is 2. The van der Waals surface area contributed by atoms with Gasteiger partial charge in [-0.15, -0.1) is 0 Å². The molecule has 6 nitrogen and oxygen atoms in total. The Morgan fingerprint density at radius 2 is 1.74 bits per heavy atom. The number of rotatable bonds is 8. The lowest BCUT2D eigenvalue weighted by Crippen LogP contribution is -2.49. The summed E-state index contributed by atoms with van der Waals surface area (Å²) in [7, 11) is 0. The number of carbonyl (C=O) groups excluding carboxylic acids is 2. The zero-order chi connectivity index (χ0) is 22.4. The maximum Gasteiger partial charge on any atom is 0.257 e. The van der Waals surface area contributed by atoms with Crippen molar-refractivity contribution in [3.05, 3.63) is 89.5 Å². The van der Waals surface area contributed by atoms with Crippen molar-refractivity contribution in [2.24, 2.45) is 5.92 Å². The van der Waals surface area contributed by atoms with Crippen LogP contribution in [0.25, 0.3) is 0 Å². The van der Waals surface area contributed by atoms with Crippen LogP contribution in [0.5, 0.6) is 0 Å². The van der Waals surface area contributed by atoms with Crippen LogP contribution in [0.1, 0.15) is 35.3 Å². The van der Waals surface area contributed by atoms with Gasteiger partial charge in [-0.25, -0.2) is 13.8 Å². The van der Waals surface area contributed by atoms with Crippen LogP contribution >= 0.6 is 0 Å². The van der Waals surface area contributed by atoms with Crippen molar-refractivity contribution in [2.45, 2.75) is 33.0 Å². The molecular weight excluding hydrogens is 402 g/mol. The van der Waals surface area contributed by atoms with Gasteiger partial charge in [-0.3, -0.25) is 9.59 Å². The van der Waals surface area contributed by atoms with Crippen molar-refractivity contribution >= 4 is 11.8 Å². The molecule has 162 valence electrons. The first-order chi connectivity index (χ1) is 14.8. The van der Waals surface area contributed by atoms with Gasteiger partial charge in [-0.2, -0.15) is 0 Å². The van der Waals surface area contributed by atoms with Gasteiger partial charge in [-0.05, 0) is 29.2 Å². The van der Waals surface area contributed by atoms with Gasteiger partial charge < -0.3 is 15.2 Å². The molecule has 3 aromatic rings. The molecule has 3 rings (SSSR count). The number of aromatic nitrogens is 2. The Kier molecular flexibility index (Phi) is 7.12. The van der Waals surface area contributed by atoms with Crippen LogP contribution in [-0.2, 0) is 17.9 Å². The van der Waals surface area contributed by atoms with Crippen molar-refractivity contribution in [1.29, 1.82) is 0 Å². The number of benzene rings is 2. The second-order valence-electron chi connectivity index (χ2n) is 7.56. The van der Waals surface area contributed by atoms with E-state index in [-0.39, 0.29) is 12.5 Å². The summed E-state index contributed by atoms with van der Waals surface area (Å²) in [6, 6.07) is 9.96. The highest BCUT2D eigenvalue weighted by Crippen LogP contribution is 2.14. The fourth-order valence-electron chi connectivity index (χ4n) is 3.19. The van der Waals surface area contributed by atoms with Crippen molar-refractivity contribution in [3.63, 3.8) is 0 Å². The highest BCUT2D eigenvalue weighted by atomic mass is 19.1. The van der Waals surface area contributed by atoms with E-state index in [4.69, 9.17) is 0 Å². The van der Waals surface area contributed by atoms with Crippen LogP contribution in [0.2, 0.25) is 0 Å². The highest BCUT2D eigenvalue weighted by molar-refractivity contribution is 5.98. The molecule has 0 bridgehead atoms. The zero-order valence-corrected chi connectivity index (χ0v) is 17.3. The van der Waals surface area contributed by atoms with Gasteiger partial charge in [0.2, 0.25) is 5.91 Å². The quantitative estimate of drug-likeness (QED) is 0.581. The minimum Gasteiger partial charge on any atom is -0.350 e. The minimum absolute atomic E-state index is 0.254. The van der Waals surface area contributed by atoms with E-state index in [1.54, 1.807) is 26.4 Å². The standard InChI is InChI=1S/C23H24F2N4O2/c1-15(2)21(28-22(30)20-18(24)7-4-8-19(20)25)23(31)27-12-16-5-3-6-17(11-16)13-29-10-9-26-14-29/h3-11,14-15,21H,12-13H2,1-2H3,(H,27,31)(H,28,30). The van der Waals surface area contributed by atoms with Crippen molar-refractivity contribution in [2.75, 3.05) is 0 Å². The molecule has 0 aliphatic heterocycles. The number of hydrogen-bond acceptors (Lipinski definition) is 3. The molecule has 2 amide bonds. The summed E-state index contributed by atoms with van der Waals surface area (Å²) < 4.78 is 29.7. The highest BCUT2D eigenvalue weighted by Gasteiger charge is 2.27. The fraction of sp³-hybridized carbons (Fsp3) is 0.261. The van der Waals surface area contributed by atoms with E-state index >= 15 is 0 Å². The molecular formula is C23H24F2N4O2. The Morgan fingerprint density at radius 3 is 2.39 bits per heavy atom. The largest absolute Gasteiger partial charge is 0.350 e. The van der Waals surface area contributed by atoms with Gasteiger partial charge in [0, 0.05) is 25.5 Å². The van der Waals surface area contributed by atoms with E-state index in [9.17, 15) is 18.4 Å². The molecule has 2 aromatic carbocycles. The second-order valence-corrected chi connectivity index (χ2v) is 7.56. The van der Waals surface area contributed by atoms with E-state index < -0.39 is 35.1 Å². The van der Waals surface area contributed by atoms with Crippen LogP contribution in [0, 0.1) is 17.6 Å². The smallest absolute Gasteiger partial charge is 0.257 e. The van der Waals surface area contributed by atoms with Gasteiger partial charge in [0.1, 0.15) is 23.2 Å². The SMILES string of the molecule is CC(C)C(NC(=O)c1c(F)cccc1F)C(=O)NCc1cccc(Cn2ccnc2)c1. The monoisotopic (exact) mass is 426 g/mol. The Balaban J connectivity index is 1.64. The number of carbonyl (C=O) groups is 2. The Morgan fingerprint density at radius 1 is 1.06 bits per heavy atom. The van der Waals surface area contributed by atoms with Gasteiger partial charge in [0.15, 0.2) is 0 Å². The summed E-state index contributed by atoms with van der Waals surface area (Å²) in [4.78, 5) is 29.1. The Hall–Kier alpha value is -3.55. The van der Waals surface area contributed by atoms with Crippen molar-refractivity contribution in [1.82, 2.24) is 20.2 Å². The molecule has 8 heteroatoms. The van der Waals surface area contributed by atoms with Crippen LogP contribution in [-0.4, -0.2) is 27.4 Å². The molecule has 2 N–H and O–H groups in total. The average Bonchev–Trinajstić information content (AvgIpc) is 3.23. The third kappa shape index (κ3) is 5.75. The predicted molar refractivity (Wildman–Crippen MR) is 112 cm³/mol. The molecule has 1 aromatic heterocycles. The molecule has 1 unspecified atom stereocenters. The molecule has 0 spiro atoms. The molecule has 1 atom stereocenters. The first kappa shape index (κ1) is 22.1. The van der Waals surface area contributed by atoms with Gasteiger partial charge in [0.05, 0.1) is 6.33 Å². The number of hydrogen-bond donors (Lipinski definition) is 2. The van der Waals surface area contributed by atoms with Crippen LogP contribution in [0.3, 0.4) is 0 Å². The molecule has 0 aliphatic rings. The number of imidazole rings is 1. The summed E-state index contributed by atoms with van der Waals surface area (Å²) in [5.41, 5.74) is 1.24. The molecule has 0 aliphatic carbocycles. The van der Waals surface area contributed by atoms with Crippen molar-refractivity contribution < 1.29 is 18.4 Å². The zero-order valence-electron chi connectivity index (χ0n) is 17.3. The van der Waals surface area contributed by atoms with Crippen LogP contribution in [0.4, 0.5) is 8.78 Å². The summed E-state index contributed by atoms with van der Waals surface area (Å²) >= 11 is 0. The first-order valence-corrected chi connectivity index (χ1v) is 9.91. The average molecular weight is 426 g/mol. The number of halogens is 2. The van der Waals surface area contributed by atoms with E-state index in [0.717, 1.165) is 23.3 Å². The topological polar surface area (TPSA) is 76.0 Å². The minimum atomic E-state index is -0.977. The van der Waals surface area contributed by atoms with Crippen LogP contribution < -0.4 is 10.6 Å². The molecule has 0 saturated carbocycles. The number of nitrogens with zero attached hydrogens (tertiary/aromatic N) is 2. The fourth-order valence-corrected chi connectivity index (χ4v) is 3.19. The van der Waals surface area contributed by atoms with Gasteiger partial charge in [0.25, 0.3) is 5.91 Å². The second kappa shape index (κ2) is 9.97. The van der Waals surface area contributed by atoms with Gasteiger partial charge >= 0.3 is 0 Å². The Bertz CT molecular complexity index is 1030. The van der Waals surface area contributed by atoms with Crippen LogP contribution in [0.15, 0.2) is 61.2 Å². The summed E-state index contributed by atoms with van der Waals surface area (Å²) in [6.07, 6.45) is 5.29. The lowest BCUT2D eigenvalue weighted by atomic mass is 10.0. The summed E-state index contributed by atoms with van der Waals surface area (Å²) in [6.45, 7) is 4.40. The normalized spacial score (nSPS) is 11.9. The van der Waals surface area contributed by atoms with E-state index in [2.05, 4.69) is 15.6 Å². The van der Waals surface area contributed by atoms with E-state index in [1.807, 2.05) is 35.0 Å². The lowest BCUT2D eigenvalue weighted by molar-refractivity contribution is -0.124. The molecule has 31 heavy (non-hydrogen) atoms. The molecule has 0 saturated heterocycles. The first-order valence-electron chi connectivity index (χ1n) is 9.91. The maximum atomic E-state index is 13.9. The predicted octanol–water partition coefficient (Wildman–Crippen LogP) is 3.28. The third-order valence-electron chi connectivity index (χ3n) is 4.81. The third-order valence-corrected chi connectivity index (χ3v) is 4.81. The summed E-state index contributed by atoms with van der Waals surface area (Å²) in [5, 5.41) is 5.24. The molecule has 0 radical (unpaired) electrons. The molecule has 0 fully saturated rings. The van der Waals surface area contributed by atoms with E-state index in [1.165, 1.54) is 6.07 Å². The maximum absolute atomic E-state index is 13.9. The molecule has 1 heterocycles. The lowest BCUT2D eigenvalue weighted by Gasteiger charge is -2.22. The number of amides is 2. The summed E-state index contributed by atoms with van der Waals surface area (Å²) in [5.74, 6) is -3.64.